The van der Waals surface area contributed by atoms with Gasteiger partial charge in [0.25, 0.3) is 0 Å². The van der Waals surface area contributed by atoms with Gasteiger partial charge in [0.1, 0.15) is 0 Å². The maximum atomic E-state index is 4.22. The van der Waals surface area contributed by atoms with E-state index >= 15 is 0 Å². The van der Waals surface area contributed by atoms with Crippen LogP contribution in [-0.4, -0.2) is 9.55 Å². The lowest BCUT2D eigenvalue weighted by Gasteiger charge is -2.15. The Labute approximate surface area is 379 Å². The van der Waals surface area contributed by atoms with E-state index in [0.29, 0.717) is 0 Å². The zero-order valence-corrected chi connectivity index (χ0v) is 35.9. The monoisotopic (exact) mass is 828 g/mol. The first-order valence-electron chi connectivity index (χ1n) is 22.4. The van der Waals surface area contributed by atoms with E-state index in [1.54, 1.807) is 0 Å². The predicted molar refractivity (Wildman–Crippen MR) is 277 cm³/mol. The SMILES string of the molecule is C=Cc1ccc(-c2cccc(-c3cc(-c4cccc(-c5ccc6c(c5)c5ccccc5n6-c5ccccc5)c4)c4[nH]c5ccccc5c4c3)c2)cc1-c1ccccc1Cc1ccccc1. The van der Waals surface area contributed by atoms with Gasteiger partial charge in [-0.15, -0.1) is 0 Å². The number of nitrogens with one attached hydrogen (secondary N) is 1. The zero-order chi connectivity index (χ0) is 43.3. The van der Waals surface area contributed by atoms with Crippen molar-refractivity contribution in [2.75, 3.05) is 0 Å². The van der Waals surface area contributed by atoms with Gasteiger partial charge in [-0.3, -0.25) is 0 Å². The van der Waals surface area contributed by atoms with Crippen molar-refractivity contribution in [1.29, 1.82) is 0 Å². The van der Waals surface area contributed by atoms with E-state index < -0.39 is 0 Å². The van der Waals surface area contributed by atoms with Crippen LogP contribution in [-0.2, 0) is 6.42 Å². The zero-order valence-electron chi connectivity index (χ0n) is 35.9. The predicted octanol–water partition coefficient (Wildman–Crippen LogP) is 17.0. The Kier molecular flexibility index (Phi) is 9.43. The van der Waals surface area contributed by atoms with Crippen molar-refractivity contribution in [3.8, 4) is 61.3 Å². The van der Waals surface area contributed by atoms with Crippen LogP contribution in [0.1, 0.15) is 16.7 Å². The van der Waals surface area contributed by atoms with Gasteiger partial charge < -0.3 is 9.55 Å². The number of hydrogen-bond acceptors (Lipinski definition) is 0. The van der Waals surface area contributed by atoms with Gasteiger partial charge in [-0.1, -0.05) is 176 Å². The summed E-state index contributed by atoms with van der Waals surface area (Å²) >= 11 is 0. The van der Waals surface area contributed by atoms with E-state index in [4.69, 9.17) is 0 Å². The molecule has 2 nitrogen and oxygen atoms in total. The Bertz CT molecular complexity index is 3750. The first kappa shape index (κ1) is 38.2. The van der Waals surface area contributed by atoms with Gasteiger partial charge in [0.2, 0.25) is 0 Å². The van der Waals surface area contributed by atoms with Crippen LogP contribution in [0.15, 0.2) is 237 Å². The molecular weight excluding hydrogens is 785 g/mol. The van der Waals surface area contributed by atoms with Gasteiger partial charge in [0, 0.05) is 38.3 Å². The number of aromatic nitrogens is 2. The molecule has 0 saturated carbocycles. The quantitative estimate of drug-likeness (QED) is 0.150. The van der Waals surface area contributed by atoms with Crippen molar-refractivity contribution in [2.24, 2.45) is 0 Å². The molecule has 12 rings (SSSR count). The van der Waals surface area contributed by atoms with Crippen molar-refractivity contribution in [1.82, 2.24) is 9.55 Å². The number of H-pyrrole nitrogens is 1. The molecule has 0 spiro atoms. The first-order chi connectivity index (χ1) is 32.2. The van der Waals surface area contributed by atoms with E-state index in [1.165, 1.54) is 99.3 Å². The Balaban J connectivity index is 0.963. The topological polar surface area (TPSA) is 20.7 Å². The molecule has 12 aromatic rings. The van der Waals surface area contributed by atoms with Crippen LogP contribution in [0.25, 0.3) is 111 Å². The molecule has 65 heavy (non-hydrogen) atoms. The second kappa shape index (κ2) is 16.0. The molecule has 0 radical (unpaired) electrons. The molecule has 0 unspecified atom stereocenters. The van der Waals surface area contributed by atoms with E-state index in [-0.39, 0.29) is 0 Å². The summed E-state index contributed by atoms with van der Waals surface area (Å²) in [4.78, 5) is 3.82. The highest BCUT2D eigenvalue weighted by Crippen LogP contribution is 2.41. The van der Waals surface area contributed by atoms with E-state index in [1.807, 2.05) is 6.08 Å². The maximum absolute atomic E-state index is 4.22. The summed E-state index contributed by atoms with van der Waals surface area (Å²) in [5.74, 6) is 0. The molecule has 2 aromatic heterocycles. The first-order valence-corrected chi connectivity index (χ1v) is 22.4. The molecule has 0 amide bonds. The van der Waals surface area contributed by atoms with Crippen molar-refractivity contribution in [3.63, 3.8) is 0 Å². The second-order valence-electron chi connectivity index (χ2n) is 17.0. The molecule has 0 aliphatic carbocycles. The third kappa shape index (κ3) is 6.84. The van der Waals surface area contributed by atoms with E-state index in [2.05, 4.69) is 247 Å². The van der Waals surface area contributed by atoms with Crippen LogP contribution < -0.4 is 0 Å². The number of benzene rings is 10. The van der Waals surface area contributed by atoms with Crippen molar-refractivity contribution in [2.45, 2.75) is 6.42 Å². The lowest BCUT2D eigenvalue weighted by atomic mass is 9.89. The summed E-state index contributed by atoms with van der Waals surface area (Å²) in [5, 5.41) is 4.93. The lowest BCUT2D eigenvalue weighted by Crippen LogP contribution is -1.94. The van der Waals surface area contributed by atoms with Gasteiger partial charge in [0.15, 0.2) is 0 Å². The van der Waals surface area contributed by atoms with Gasteiger partial charge >= 0.3 is 0 Å². The molecular formula is C63H44N2. The fourth-order valence-corrected chi connectivity index (χ4v) is 10.00. The summed E-state index contributed by atoms with van der Waals surface area (Å²) in [7, 11) is 0. The Morgan fingerprint density at radius 3 is 1.78 bits per heavy atom. The standard InChI is InChI=1S/C63H44N2/c1-2-43-31-32-47(38-56(43)53-26-10-9-19-49(53)35-42-17-5-3-6-18-42)44-20-15-22-46(36-44)51-40-57(63-59(41-51)54-27-11-13-29-60(54)64-63)50-23-16-21-45(37-50)48-33-34-62-58(39-48)55-28-12-14-30-61(55)65(62)52-24-7-4-8-25-52/h2-34,36-41,64H,1,35H2. The van der Waals surface area contributed by atoms with Crippen LogP contribution in [0.5, 0.6) is 0 Å². The summed E-state index contributed by atoms with van der Waals surface area (Å²) in [6.07, 6.45) is 2.84. The minimum Gasteiger partial charge on any atom is -0.354 e. The van der Waals surface area contributed by atoms with Crippen LogP contribution in [0, 0.1) is 0 Å². The fraction of sp³-hybridized carbons (Fsp3) is 0.0159. The van der Waals surface area contributed by atoms with Gasteiger partial charge in [-0.05, 0) is 140 Å². The number of nitrogens with zero attached hydrogens (tertiary/aromatic N) is 1. The molecule has 0 saturated heterocycles. The molecule has 0 fully saturated rings. The third-order valence-corrected chi connectivity index (χ3v) is 13.2. The second-order valence-corrected chi connectivity index (χ2v) is 17.0. The molecule has 0 aliphatic rings. The maximum Gasteiger partial charge on any atom is 0.0544 e. The van der Waals surface area contributed by atoms with Gasteiger partial charge in [-0.2, -0.15) is 0 Å². The number of aromatic amines is 1. The normalized spacial score (nSPS) is 11.5. The third-order valence-electron chi connectivity index (χ3n) is 13.2. The van der Waals surface area contributed by atoms with Crippen LogP contribution in [0.3, 0.4) is 0 Å². The minimum absolute atomic E-state index is 0.865. The fourth-order valence-electron chi connectivity index (χ4n) is 10.00. The number of hydrogen-bond donors (Lipinski definition) is 1. The molecule has 0 aliphatic heterocycles. The minimum atomic E-state index is 0.865. The number of fused-ring (bicyclic) bond motifs is 6. The van der Waals surface area contributed by atoms with Crippen LogP contribution in [0.4, 0.5) is 0 Å². The highest BCUT2D eigenvalue weighted by Gasteiger charge is 2.17. The Morgan fingerprint density at radius 2 is 0.969 bits per heavy atom. The average Bonchev–Trinajstić information content (AvgIpc) is 3.92. The van der Waals surface area contributed by atoms with Crippen molar-refractivity contribution >= 4 is 49.7 Å². The lowest BCUT2D eigenvalue weighted by molar-refractivity contribution is 1.18. The number of para-hydroxylation sites is 3. The van der Waals surface area contributed by atoms with E-state index in [0.717, 1.165) is 28.7 Å². The highest BCUT2D eigenvalue weighted by atomic mass is 15.0. The largest absolute Gasteiger partial charge is 0.354 e. The summed E-state index contributed by atoms with van der Waals surface area (Å²) in [6, 6.07) is 84.1. The van der Waals surface area contributed by atoms with Crippen LogP contribution in [0.2, 0.25) is 0 Å². The van der Waals surface area contributed by atoms with Gasteiger partial charge in [0.05, 0.1) is 16.6 Å². The van der Waals surface area contributed by atoms with Gasteiger partial charge in [-0.25, -0.2) is 0 Å². The molecule has 306 valence electrons. The molecule has 1 N–H and O–H groups in total. The number of rotatable bonds is 9. The summed E-state index contributed by atoms with van der Waals surface area (Å²) < 4.78 is 2.37. The van der Waals surface area contributed by atoms with E-state index in [9.17, 15) is 0 Å². The summed E-state index contributed by atoms with van der Waals surface area (Å²) in [6.45, 7) is 4.22. The molecule has 0 atom stereocenters. The average molecular weight is 829 g/mol. The highest BCUT2D eigenvalue weighted by molar-refractivity contribution is 6.14. The van der Waals surface area contributed by atoms with Crippen LogP contribution >= 0.6 is 0 Å². The molecule has 0 bridgehead atoms. The summed E-state index contributed by atoms with van der Waals surface area (Å²) in [5.41, 5.74) is 21.4. The smallest absolute Gasteiger partial charge is 0.0544 e. The molecule has 2 heterocycles. The Morgan fingerprint density at radius 1 is 0.385 bits per heavy atom. The Hall–Kier alpha value is -8.46. The van der Waals surface area contributed by atoms with Crippen molar-refractivity contribution < 1.29 is 0 Å². The molecule has 10 aromatic carbocycles. The van der Waals surface area contributed by atoms with Crippen molar-refractivity contribution in [3.05, 3.63) is 254 Å². The molecule has 2 heteroatoms.